The molecule has 4 rings (SSSR count). The summed E-state index contributed by atoms with van der Waals surface area (Å²) < 4.78 is 0. The number of nitrogens with one attached hydrogen (secondary N) is 4. The van der Waals surface area contributed by atoms with Crippen LogP contribution in [0.3, 0.4) is 0 Å². The molecular formula is C33H51N7O5. The van der Waals surface area contributed by atoms with Gasteiger partial charge in [0.25, 0.3) is 0 Å². The highest BCUT2D eigenvalue weighted by Crippen LogP contribution is 2.29. The normalized spacial score (nSPS) is 19.3. The second-order valence-corrected chi connectivity index (χ2v) is 13.3. The quantitative estimate of drug-likeness (QED) is 0.177. The van der Waals surface area contributed by atoms with Crippen LogP contribution < -0.4 is 21.7 Å². The summed E-state index contributed by atoms with van der Waals surface area (Å²) in [5.74, 6) is -0.691. The van der Waals surface area contributed by atoms with E-state index in [2.05, 4.69) is 25.9 Å². The number of nitrogens with zero attached hydrogens (tertiary/aromatic N) is 2. The van der Waals surface area contributed by atoms with E-state index in [1.165, 1.54) is 26.6 Å². The number of aromatic nitrogens is 2. The lowest BCUT2D eigenvalue weighted by molar-refractivity contribution is -0.132. The Balaban J connectivity index is 1.53. The van der Waals surface area contributed by atoms with Crippen molar-refractivity contribution < 1.29 is 24.6 Å². The molecule has 0 radical (unpaired) electrons. The Morgan fingerprint density at radius 3 is 2.24 bits per heavy atom. The van der Waals surface area contributed by atoms with Crippen LogP contribution in [0.1, 0.15) is 76.5 Å². The van der Waals surface area contributed by atoms with Crippen LogP contribution in [0.5, 0.6) is 0 Å². The molecule has 1 saturated carbocycles. The molecule has 12 nitrogen and oxygen atoms in total. The van der Waals surface area contributed by atoms with Crippen molar-refractivity contribution in [1.82, 2.24) is 30.8 Å². The first-order valence-corrected chi connectivity index (χ1v) is 16.3. The van der Waals surface area contributed by atoms with Gasteiger partial charge in [-0.15, -0.1) is 0 Å². The van der Waals surface area contributed by atoms with Gasteiger partial charge in [-0.2, -0.15) is 0 Å². The van der Waals surface area contributed by atoms with Crippen LogP contribution in [0.4, 0.5) is 4.79 Å². The number of piperidine rings is 1. The highest BCUT2D eigenvalue weighted by atomic mass is 16.3. The molecule has 12 heteroatoms. The van der Waals surface area contributed by atoms with Crippen molar-refractivity contribution in [3.8, 4) is 0 Å². The minimum absolute atomic E-state index is 0.0515. The minimum atomic E-state index is -1.45. The Bertz CT molecular complexity index is 1210. The van der Waals surface area contributed by atoms with E-state index in [1.54, 1.807) is 11.1 Å². The number of carbonyl (C=O) groups excluding carboxylic acids is 3. The maximum absolute atomic E-state index is 13.9. The largest absolute Gasteiger partial charge is 0.388 e. The number of H-pyrrole nitrogens is 1. The van der Waals surface area contributed by atoms with Crippen molar-refractivity contribution in [2.45, 2.75) is 114 Å². The lowest BCUT2D eigenvalue weighted by Crippen LogP contribution is -2.60. The lowest BCUT2D eigenvalue weighted by atomic mass is 9.81. The van der Waals surface area contributed by atoms with Crippen molar-refractivity contribution in [3.63, 3.8) is 0 Å². The summed E-state index contributed by atoms with van der Waals surface area (Å²) in [4.78, 5) is 49.8. The molecule has 2 heterocycles. The van der Waals surface area contributed by atoms with E-state index in [9.17, 15) is 24.6 Å². The third kappa shape index (κ3) is 10.5. The standard InChI is InChI=1S/C33H51N7O5/c1-33(2,45)29(41)26(17-22-9-5-3-6-10-22)37-31(43)28(19-25-20-35-21-36-25)38-30(42)27(18-23-11-7-4-8-12-23)39-32(44)40-15-13-24(34)14-16-40/h4,7-8,11-12,20-22,24,26-29,41,45H,3,5-6,9-10,13-19,34H2,1-2H3,(H,35,36)(H,37,43)(H,38,42)(H,39,44)/t26-,27-,28-,29-/m0/s1. The lowest BCUT2D eigenvalue weighted by Gasteiger charge is -2.36. The maximum atomic E-state index is 13.9. The molecule has 4 amide bonds. The number of nitrogens with two attached hydrogens (primary N) is 1. The number of urea groups is 1. The molecule has 0 spiro atoms. The molecule has 8 N–H and O–H groups in total. The summed E-state index contributed by atoms with van der Waals surface area (Å²) in [6.45, 7) is 4.05. The number of aliphatic hydroxyl groups is 2. The third-order valence-electron chi connectivity index (χ3n) is 9.07. The Kier molecular flexibility index (Phi) is 12.4. The number of rotatable bonds is 13. The Morgan fingerprint density at radius 2 is 1.62 bits per heavy atom. The number of amides is 4. The summed E-state index contributed by atoms with van der Waals surface area (Å²) in [6.07, 6.45) is 9.52. The molecule has 2 aromatic rings. The van der Waals surface area contributed by atoms with E-state index in [0.717, 1.165) is 31.2 Å². The summed E-state index contributed by atoms with van der Waals surface area (Å²) in [5, 5.41) is 30.5. The fourth-order valence-corrected chi connectivity index (χ4v) is 6.32. The van der Waals surface area contributed by atoms with Gasteiger partial charge in [0.05, 0.1) is 23.7 Å². The van der Waals surface area contributed by atoms with Crippen molar-refractivity contribution >= 4 is 17.8 Å². The zero-order valence-corrected chi connectivity index (χ0v) is 26.6. The van der Waals surface area contributed by atoms with Gasteiger partial charge in [-0.25, -0.2) is 9.78 Å². The van der Waals surface area contributed by atoms with Crippen LogP contribution in [0.2, 0.25) is 0 Å². The molecular weight excluding hydrogens is 574 g/mol. The molecule has 4 atom stereocenters. The van der Waals surface area contributed by atoms with Crippen LogP contribution in [0.15, 0.2) is 42.9 Å². The Morgan fingerprint density at radius 1 is 0.978 bits per heavy atom. The second-order valence-electron chi connectivity index (χ2n) is 13.3. The van der Waals surface area contributed by atoms with Gasteiger partial charge >= 0.3 is 6.03 Å². The minimum Gasteiger partial charge on any atom is -0.388 e. The van der Waals surface area contributed by atoms with E-state index in [-0.39, 0.29) is 24.9 Å². The van der Waals surface area contributed by atoms with Gasteiger partial charge in [0.15, 0.2) is 0 Å². The number of carbonyl (C=O) groups is 3. The number of hydrogen-bond acceptors (Lipinski definition) is 7. The summed E-state index contributed by atoms with van der Waals surface area (Å²) in [6, 6.07) is 6.36. The highest BCUT2D eigenvalue weighted by Gasteiger charge is 2.37. The van der Waals surface area contributed by atoms with Gasteiger partial charge in [0.1, 0.15) is 18.2 Å². The molecule has 0 bridgehead atoms. The maximum Gasteiger partial charge on any atom is 0.318 e. The zero-order valence-electron chi connectivity index (χ0n) is 26.6. The molecule has 1 aromatic heterocycles. The van der Waals surface area contributed by atoms with E-state index >= 15 is 0 Å². The van der Waals surface area contributed by atoms with E-state index in [4.69, 9.17) is 5.73 Å². The average molecular weight is 626 g/mol. The monoisotopic (exact) mass is 625 g/mol. The fourth-order valence-electron chi connectivity index (χ4n) is 6.32. The molecule has 1 aromatic carbocycles. The van der Waals surface area contributed by atoms with E-state index in [0.29, 0.717) is 44.0 Å². The van der Waals surface area contributed by atoms with Gasteiger partial charge in [-0.05, 0) is 44.6 Å². The summed E-state index contributed by atoms with van der Waals surface area (Å²) >= 11 is 0. The number of likely N-dealkylation sites (tertiary alicyclic amines) is 1. The molecule has 1 aliphatic carbocycles. The van der Waals surface area contributed by atoms with Gasteiger partial charge in [0, 0.05) is 38.2 Å². The molecule has 45 heavy (non-hydrogen) atoms. The Hall–Kier alpha value is -3.48. The van der Waals surface area contributed by atoms with Gasteiger partial charge in [-0.3, -0.25) is 9.59 Å². The second kappa shape index (κ2) is 16.2. The molecule has 248 valence electrons. The van der Waals surface area contributed by atoms with Crippen molar-refractivity contribution in [2.75, 3.05) is 13.1 Å². The topological polar surface area (TPSA) is 186 Å². The van der Waals surface area contributed by atoms with Crippen molar-refractivity contribution in [1.29, 1.82) is 0 Å². The summed E-state index contributed by atoms with van der Waals surface area (Å²) in [5.41, 5.74) is 5.99. The number of imidazole rings is 1. The predicted molar refractivity (Wildman–Crippen MR) is 171 cm³/mol. The van der Waals surface area contributed by atoms with Crippen LogP contribution in [0, 0.1) is 5.92 Å². The number of aliphatic hydroxyl groups excluding tert-OH is 1. The molecule has 2 aliphatic rings. The molecule has 0 unspecified atom stereocenters. The first-order chi connectivity index (χ1) is 21.5. The van der Waals surface area contributed by atoms with Crippen LogP contribution in [-0.4, -0.2) is 91.9 Å². The van der Waals surface area contributed by atoms with Gasteiger partial charge < -0.3 is 41.8 Å². The fraction of sp³-hybridized carbons (Fsp3) is 0.636. The zero-order chi connectivity index (χ0) is 32.4. The number of aromatic amines is 1. The predicted octanol–water partition coefficient (Wildman–Crippen LogP) is 1.77. The molecule has 1 aliphatic heterocycles. The van der Waals surface area contributed by atoms with E-state index < -0.39 is 41.6 Å². The SMILES string of the molecule is CC(C)(O)[C@@H](O)[C@H](CC1CCCCC1)NC(=O)[C@H](Cc1c[nH]cn1)NC(=O)[C@H](Cc1ccccc1)NC(=O)N1CCC(N)CC1. The highest BCUT2D eigenvalue weighted by molar-refractivity contribution is 5.92. The molecule has 1 saturated heterocycles. The van der Waals surface area contributed by atoms with Crippen LogP contribution >= 0.6 is 0 Å². The first-order valence-electron chi connectivity index (χ1n) is 16.3. The average Bonchev–Trinajstić information content (AvgIpc) is 3.54. The van der Waals surface area contributed by atoms with Gasteiger partial charge in [0.2, 0.25) is 11.8 Å². The van der Waals surface area contributed by atoms with Crippen molar-refractivity contribution in [3.05, 3.63) is 54.1 Å². The van der Waals surface area contributed by atoms with Crippen LogP contribution in [-0.2, 0) is 22.4 Å². The molecule has 2 fully saturated rings. The van der Waals surface area contributed by atoms with Crippen LogP contribution in [0.25, 0.3) is 0 Å². The van der Waals surface area contributed by atoms with Crippen molar-refractivity contribution in [2.24, 2.45) is 11.7 Å². The third-order valence-corrected chi connectivity index (χ3v) is 9.07. The first kappa shape index (κ1) is 34.4. The van der Waals surface area contributed by atoms with Gasteiger partial charge in [-0.1, -0.05) is 62.4 Å². The summed E-state index contributed by atoms with van der Waals surface area (Å²) in [7, 11) is 0. The number of hydrogen-bond donors (Lipinski definition) is 7. The smallest absolute Gasteiger partial charge is 0.318 e. The number of benzene rings is 1. The van der Waals surface area contributed by atoms with E-state index in [1.807, 2.05) is 30.3 Å². The Labute approximate surface area is 265 Å².